The number of rotatable bonds is 1. The lowest BCUT2D eigenvalue weighted by Crippen LogP contribution is -2.10. The van der Waals surface area contributed by atoms with E-state index >= 15 is 0 Å². The Bertz CT molecular complexity index is 238. The highest BCUT2D eigenvalue weighted by Crippen LogP contribution is 2.32. The zero-order chi connectivity index (χ0) is 8.55. The second-order valence-corrected chi connectivity index (χ2v) is 3.67. The molecule has 0 saturated heterocycles. The van der Waals surface area contributed by atoms with Crippen molar-refractivity contribution in [3.8, 4) is 0 Å². The summed E-state index contributed by atoms with van der Waals surface area (Å²) in [7, 11) is 0. The number of hydrogen-bond donors (Lipinski definition) is 0. The third kappa shape index (κ3) is 1.22. The summed E-state index contributed by atoms with van der Waals surface area (Å²) in [6.45, 7) is 4.87. The molecule has 0 saturated carbocycles. The zero-order valence-electron chi connectivity index (χ0n) is 7.54. The zero-order valence-corrected chi connectivity index (χ0v) is 7.54. The van der Waals surface area contributed by atoms with Crippen LogP contribution in [-0.2, 0) is 9.47 Å². The van der Waals surface area contributed by atoms with Gasteiger partial charge in [-0.3, -0.25) is 0 Å². The fourth-order valence-corrected chi connectivity index (χ4v) is 1.57. The van der Waals surface area contributed by atoms with Crippen LogP contribution in [0, 0.1) is 11.8 Å². The third-order valence-corrected chi connectivity index (χ3v) is 2.49. The van der Waals surface area contributed by atoms with E-state index in [9.17, 15) is 0 Å². The third-order valence-electron chi connectivity index (χ3n) is 2.49. The number of allylic oxidation sites excluding steroid dienone is 3. The topological polar surface area (TPSA) is 18.5 Å². The van der Waals surface area contributed by atoms with Crippen molar-refractivity contribution in [3.05, 3.63) is 23.7 Å². The molecule has 0 aromatic carbocycles. The van der Waals surface area contributed by atoms with E-state index in [1.54, 1.807) is 0 Å². The van der Waals surface area contributed by atoms with E-state index in [-0.39, 0.29) is 0 Å². The van der Waals surface area contributed by atoms with Gasteiger partial charge in [-0.2, -0.15) is 0 Å². The van der Waals surface area contributed by atoms with Crippen LogP contribution in [-0.4, -0.2) is 6.79 Å². The summed E-state index contributed by atoms with van der Waals surface area (Å²) in [5.41, 5.74) is 0. The Kier molecular flexibility index (Phi) is 1.83. The first-order valence-electron chi connectivity index (χ1n) is 4.44. The minimum absolute atomic E-state index is 0.403. The molecule has 0 aromatic heterocycles. The standard InChI is InChI=1S/C10H14O2/c1-7(2)8-3-4-9-10(5-8)12-6-11-9/h3-4,7-8H,5-6H2,1-2H3. The van der Waals surface area contributed by atoms with Gasteiger partial charge in [0.2, 0.25) is 6.79 Å². The van der Waals surface area contributed by atoms with Crippen molar-refractivity contribution in [2.24, 2.45) is 11.8 Å². The van der Waals surface area contributed by atoms with Gasteiger partial charge in [0, 0.05) is 6.42 Å². The Balaban J connectivity index is 2.10. The molecule has 2 aliphatic rings. The van der Waals surface area contributed by atoms with Crippen molar-refractivity contribution >= 4 is 0 Å². The predicted molar refractivity (Wildman–Crippen MR) is 46.1 cm³/mol. The van der Waals surface area contributed by atoms with E-state index in [1.807, 2.05) is 6.08 Å². The predicted octanol–water partition coefficient (Wildman–Crippen LogP) is 2.43. The van der Waals surface area contributed by atoms with Gasteiger partial charge < -0.3 is 9.47 Å². The Morgan fingerprint density at radius 2 is 2.25 bits per heavy atom. The smallest absolute Gasteiger partial charge is 0.230 e. The molecule has 2 rings (SSSR count). The monoisotopic (exact) mass is 166 g/mol. The maximum absolute atomic E-state index is 5.34. The maximum atomic E-state index is 5.34. The molecular formula is C10H14O2. The van der Waals surface area contributed by atoms with Gasteiger partial charge >= 0.3 is 0 Å². The van der Waals surface area contributed by atoms with Crippen LogP contribution in [0.4, 0.5) is 0 Å². The minimum atomic E-state index is 0.403. The highest BCUT2D eigenvalue weighted by atomic mass is 16.7. The summed E-state index contributed by atoms with van der Waals surface area (Å²) in [6.07, 6.45) is 5.26. The van der Waals surface area contributed by atoms with Crippen LogP contribution in [0.2, 0.25) is 0 Å². The van der Waals surface area contributed by atoms with Crippen LogP contribution in [0.25, 0.3) is 0 Å². The Labute approximate surface area is 72.9 Å². The maximum Gasteiger partial charge on any atom is 0.230 e. The van der Waals surface area contributed by atoms with Crippen LogP contribution >= 0.6 is 0 Å². The normalized spacial score (nSPS) is 27.1. The van der Waals surface area contributed by atoms with Crippen LogP contribution < -0.4 is 0 Å². The average Bonchev–Trinajstić information content (AvgIpc) is 2.49. The molecule has 12 heavy (non-hydrogen) atoms. The lowest BCUT2D eigenvalue weighted by atomic mass is 9.88. The van der Waals surface area contributed by atoms with Gasteiger partial charge in [-0.25, -0.2) is 0 Å². The van der Waals surface area contributed by atoms with E-state index in [0.717, 1.165) is 17.9 Å². The molecule has 0 N–H and O–H groups in total. The van der Waals surface area contributed by atoms with Crippen molar-refractivity contribution in [3.63, 3.8) is 0 Å². The van der Waals surface area contributed by atoms with Gasteiger partial charge in [-0.15, -0.1) is 0 Å². The van der Waals surface area contributed by atoms with Crippen LogP contribution in [0.3, 0.4) is 0 Å². The van der Waals surface area contributed by atoms with Crippen molar-refractivity contribution < 1.29 is 9.47 Å². The van der Waals surface area contributed by atoms with Crippen molar-refractivity contribution in [2.45, 2.75) is 20.3 Å². The fourth-order valence-electron chi connectivity index (χ4n) is 1.57. The molecule has 0 radical (unpaired) electrons. The van der Waals surface area contributed by atoms with Crippen molar-refractivity contribution in [2.75, 3.05) is 6.79 Å². The molecule has 1 unspecified atom stereocenters. The Morgan fingerprint density at radius 1 is 1.42 bits per heavy atom. The van der Waals surface area contributed by atoms with Crippen molar-refractivity contribution in [1.29, 1.82) is 0 Å². The lowest BCUT2D eigenvalue weighted by Gasteiger charge is -2.19. The van der Waals surface area contributed by atoms with E-state index in [2.05, 4.69) is 19.9 Å². The second-order valence-electron chi connectivity index (χ2n) is 3.67. The molecule has 0 spiro atoms. The van der Waals surface area contributed by atoms with Crippen LogP contribution in [0.15, 0.2) is 23.7 Å². The van der Waals surface area contributed by atoms with Gasteiger partial charge in [0.15, 0.2) is 5.76 Å². The van der Waals surface area contributed by atoms with Crippen molar-refractivity contribution in [1.82, 2.24) is 0 Å². The molecule has 0 aromatic rings. The first-order valence-corrected chi connectivity index (χ1v) is 4.44. The fraction of sp³-hybridized carbons (Fsp3) is 0.600. The summed E-state index contributed by atoms with van der Waals surface area (Å²) < 4.78 is 10.6. The summed E-state index contributed by atoms with van der Waals surface area (Å²) in [5, 5.41) is 0. The molecule has 0 bridgehead atoms. The van der Waals surface area contributed by atoms with E-state index in [4.69, 9.17) is 9.47 Å². The van der Waals surface area contributed by atoms with E-state index in [1.165, 1.54) is 0 Å². The summed E-state index contributed by atoms with van der Waals surface area (Å²) >= 11 is 0. The first kappa shape index (κ1) is 7.71. The largest absolute Gasteiger partial charge is 0.458 e. The molecule has 2 heteroatoms. The number of hydrogen-bond acceptors (Lipinski definition) is 2. The molecule has 1 atom stereocenters. The molecule has 1 aliphatic heterocycles. The second kappa shape index (κ2) is 2.85. The summed E-state index contributed by atoms with van der Waals surface area (Å²) in [6, 6.07) is 0. The van der Waals surface area contributed by atoms with Gasteiger partial charge in [0.1, 0.15) is 5.76 Å². The summed E-state index contributed by atoms with van der Waals surface area (Å²) in [4.78, 5) is 0. The van der Waals surface area contributed by atoms with Gasteiger partial charge in [-0.1, -0.05) is 19.9 Å². The van der Waals surface area contributed by atoms with Crippen LogP contribution in [0.5, 0.6) is 0 Å². The van der Waals surface area contributed by atoms with E-state index in [0.29, 0.717) is 18.6 Å². The Morgan fingerprint density at radius 3 is 3.00 bits per heavy atom. The molecule has 66 valence electrons. The van der Waals surface area contributed by atoms with Gasteiger partial charge in [0.05, 0.1) is 0 Å². The first-order chi connectivity index (χ1) is 5.77. The molecule has 2 nitrogen and oxygen atoms in total. The van der Waals surface area contributed by atoms with Gasteiger partial charge in [0.25, 0.3) is 0 Å². The highest BCUT2D eigenvalue weighted by molar-refractivity contribution is 5.24. The molecule has 0 amide bonds. The highest BCUT2D eigenvalue weighted by Gasteiger charge is 2.24. The number of ether oxygens (including phenoxy) is 2. The molecular weight excluding hydrogens is 152 g/mol. The lowest BCUT2D eigenvalue weighted by molar-refractivity contribution is 0.0712. The quantitative estimate of drug-likeness (QED) is 0.595. The van der Waals surface area contributed by atoms with E-state index < -0.39 is 0 Å². The Hall–Kier alpha value is -0.920. The van der Waals surface area contributed by atoms with Crippen LogP contribution in [0.1, 0.15) is 20.3 Å². The minimum Gasteiger partial charge on any atom is -0.458 e. The molecule has 1 aliphatic carbocycles. The average molecular weight is 166 g/mol. The summed E-state index contributed by atoms with van der Waals surface area (Å²) in [5.74, 6) is 3.27. The molecule has 0 fully saturated rings. The van der Waals surface area contributed by atoms with Gasteiger partial charge in [-0.05, 0) is 17.9 Å². The SMILES string of the molecule is CC(C)C1C=CC2=C(C1)OCO2. The molecule has 1 heterocycles.